The van der Waals surface area contributed by atoms with E-state index in [1.807, 2.05) is 32.9 Å². The molecule has 0 heterocycles. The molecule has 3 rings (SSSR count). The van der Waals surface area contributed by atoms with Crippen molar-refractivity contribution in [3.05, 3.63) is 77.4 Å². The Morgan fingerprint density at radius 1 is 0.818 bits per heavy atom. The molecular formula is C25H28N2O5S. The van der Waals surface area contributed by atoms with Crippen molar-refractivity contribution >= 4 is 27.3 Å². The molecule has 0 fully saturated rings. The minimum atomic E-state index is -4.07. The van der Waals surface area contributed by atoms with Gasteiger partial charge in [-0.15, -0.1) is 0 Å². The summed E-state index contributed by atoms with van der Waals surface area (Å²) < 4.78 is 39.1. The summed E-state index contributed by atoms with van der Waals surface area (Å²) in [5, 5.41) is 2.78. The fourth-order valence-corrected chi connectivity index (χ4v) is 4.80. The van der Waals surface area contributed by atoms with Gasteiger partial charge in [-0.3, -0.25) is 9.10 Å². The van der Waals surface area contributed by atoms with Crippen molar-refractivity contribution < 1.29 is 22.7 Å². The number of anilines is 2. The average molecular weight is 469 g/mol. The number of nitrogens with zero attached hydrogens (tertiary/aromatic N) is 1. The molecule has 3 aromatic carbocycles. The van der Waals surface area contributed by atoms with Crippen molar-refractivity contribution in [2.45, 2.75) is 25.7 Å². The first-order chi connectivity index (χ1) is 15.6. The van der Waals surface area contributed by atoms with Crippen LogP contribution in [0.15, 0.2) is 65.6 Å². The van der Waals surface area contributed by atoms with Crippen LogP contribution in [0, 0.1) is 20.8 Å². The van der Waals surface area contributed by atoms with Crippen LogP contribution in [-0.4, -0.2) is 35.1 Å². The van der Waals surface area contributed by atoms with Crippen molar-refractivity contribution in [3.8, 4) is 11.5 Å². The van der Waals surface area contributed by atoms with Gasteiger partial charge in [0.05, 0.1) is 30.5 Å². The third-order valence-corrected chi connectivity index (χ3v) is 6.90. The molecule has 0 saturated carbocycles. The first-order valence-electron chi connectivity index (χ1n) is 10.3. The topological polar surface area (TPSA) is 84.9 Å². The SMILES string of the molecule is COc1ccc(C)cc1NC(=O)CN(c1cc(C)ccc1OC)S(=O)(=O)c1ccc(C)cc1. The molecule has 174 valence electrons. The maximum atomic E-state index is 13.7. The highest BCUT2D eigenvalue weighted by molar-refractivity contribution is 7.92. The number of hydrogen-bond donors (Lipinski definition) is 1. The predicted molar refractivity (Wildman–Crippen MR) is 130 cm³/mol. The Balaban J connectivity index is 2.05. The maximum Gasteiger partial charge on any atom is 0.264 e. The molecule has 0 saturated heterocycles. The number of hydrogen-bond acceptors (Lipinski definition) is 5. The number of benzene rings is 3. The highest BCUT2D eigenvalue weighted by Crippen LogP contribution is 2.34. The van der Waals surface area contributed by atoms with Crippen molar-refractivity contribution in [2.75, 3.05) is 30.4 Å². The molecule has 0 aliphatic heterocycles. The van der Waals surface area contributed by atoms with Crippen LogP contribution in [0.1, 0.15) is 16.7 Å². The number of amides is 1. The molecule has 0 spiro atoms. The first kappa shape index (κ1) is 24.1. The third-order valence-electron chi connectivity index (χ3n) is 5.13. The van der Waals surface area contributed by atoms with Crippen molar-refractivity contribution in [1.82, 2.24) is 0 Å². The second-order valence-corrected chi connectivity index (χ2v) is 9.61. The number of aryl methyl sites for hydroxylation is 3. The summed E-state index contributed by atoms with van der Waals surface area (Å²) in [5.41, 5.74) is 3.43. The highest BCUT2D eigenvalue weighted by atomic mass is 32.2. The van der Waals surface area contributed by atoms with E-state index in [1.165, 1.54) is 26.4 Å². The normalized spacial score (nSPS) is 11.1. The van der Waals surface area contributed by atoms with Crippen LogP contribution >= 0.6 is 0 Å². The Morgan fingerprint density at radius 3 is 1.97 bits per heavy atom. The van der Waals surface area contributed by atoms with Gasteiger partial charge < -0.3 is 14.8 Å². The average Bonchev–Trinajstić information content (AvgIpc) is 2.78. The Hall–Kier alpha value is -3.52. The zero-order valence-corrected chi connectivity index (χ0v) is 20.2. The molecule has 7 nitrogen and oxygen atoms in total. The zero-order valence-electron chi connectivity index (χ0n) is 19.4. The minimum Gasteiger partial charge on any atom is -0.495 e. The van der Waals surface area contributed by atoms with Gasteiger partial charge in [-0.1, -0.05) is 29.8 Å². The molecule has 0 aliphatic rings. The van der Waals surface area contributed by atoms with Crippen molar-refractivity contribution in [2.24, 2.45) is 0 Å². The molecular weight excluding hydrogens is 440 g/mol. The van der Waals surface area contributed by atoms with E-state index in [2.05, 4.69) is 5.32 Å². The molecule has 0 radical (unpaired) electrons. The number of sulfonamides is 1. The molecule has 3 aromatic rings. The molecule has 1 amide bonds. The number of nitrogens with one attached hydrogen (secondary N) is 1. The molecule has 1 N–H and O–H groups in total. The summed E-state index contributed by atoms with van der Waals surface area (Å²) in [6.45, 7) is 5.16. The number of rotatable bonds is 8. The maximum absolute atomic E-state index is 13.7. The summed E-state index contributed by atoms with van der Waals surface area (Å²) in [6.07, 6.45) is 0. The van der Waals surface area contributed by atoms with Crippen LogP contribution in [0.2, 0.25) is 0 Å². The van der Waals surface area contributed by atoms with E-state index in [4.69, 9.17) is 9.47 Å². The van der Waals surface area contributed by atoms with Gasteiger partial charge >= 0.3 is 0 Å². The van der Waals surface area contributed by atoms with Crippen LogP contribution < -0.4 is 19.1 Å². The molecule has 33 heavy (non-hydrogen) atoms. The van der Waals surface area contributed by atoms with Crippen LogP contribution in [0.4, 0.5) is 11.4 Å². The third kappa shape index (κ3) is 5.46. The van der Waals surface area contributed by atoms with Crippen LogP contribution in [0.25, 0.3) is 0 Å². The van der Waals surface area contributed by atoms with Gasteiger partial charge in [0.2, 0.25) is 5.91 Å². The number of methoxy groups -OCH3 is 2. The summed E-state index contributed by atoms with van der Waals surface area (Å²) in [7, 11) is -1.10. The standard InChI is InChI=1S/C25H28N2O5S/c1-17-6-10-20(11-7-17)33(29,30)27(22-15-19(3)9-13-24(22)32-5)16-25(28)26-21-14-18(2)8-12-23(21)31-4/h6-15H,16H2,1-5H3,(H,26,28). The van der Waals surface area contributed by atoms with E-state index >= 15 is 0 Å². The van der Waals surface area contributed by atoms with Gasteiger partial charge in [0, 0.05) is 0 Å². The van der Waals surface area contributed by atoms with Gasteiger partial charge in [0.1, 0.15) is 18.0 Å². The summed E-state index contributed by atoms with van der Waals surface area (Å²) in [4.78, 5) is 13.2. The highest BCUT2D eigenvalue weighted by Gasteiger charge is 2.30. The Kier molecular flexibility index (Phi) is 7.28. The summed E-state index contributed by atoms with van der Waals surface area (Å²) in [5.74, 6) is 0.311. The molecule has 0 bridgehead atoms. The predicted octanol–water partition coefficient (Wildman–Crippen LogP) is 4.46. The lowest BCUT2D eigenvalue weighted by Crippen LogP contribution is -2.38. The summed E-state index contributed by atoms with van der Waals surface area (Å²) in [6, 6.07) is 17.1. The number of carbonyl (C=O) groups excluding carboxylic acids is 1. The lowest BCUT2D eigenvalue weighted by Gasteiger charge is -2.26. The van der Waals surface area contributed by atoms with Gasteiger partial charge in [0.25, 0.3) is 10.0 Å². The number of ether oxygens (including phenoxy) is 2. The summed E-state index contributed by atoms with van der Waals surface area (Å²) >= 11 is 0. The number of carbonyl (C=O) groups is 1. The van der Waals surface area contributed by atoms with Crippen LogP contribution in [0.5, 0.6) is 11.5 Å². The lowest BCUT2D eigenvalue weighted by molar-refractivity contribution is -0.114. The Morgan fingerprint density at radius 2 is 1.36 bits per heavy atom. The Bertz CT molecular complexity index is 1250. The monoisotopic (exact) mass is 468 g/mol. The minimum absolute atomic E-state index is 0.0811. The van der Waals surface area contributed by atoms with E-state index in [0.717, 1.165) is 21.0 Å². The zero-order chi connectivity index (χ0) is 24.2. The fraction of sp³-hybridized carbons (Fsp3) is 0.240. The van der Waals surface area contributed by atoms with Crippen molar-refractivity contribution in [1.29, 1.82) is 0 Å². The molecule has 0 unspecified atom stereocenters. The van der Waals surface area contributed by atoms with Crippen LogP contribution in [0.3, 0.4) is 0 Å². The second-order valence-electron chi connectivity index (χ2n) is 7.75. The van der Waals surface area contributed by atoms with Gasteiger partial charge in [-0.05, 0) is 68.3 Å². The quantitative estimate of drug-likeness (QED) is 0.528. The smallest absolute Gasteiger partial charge is 0.264 e. The van der Waals surface area contributed by atoms with Crippen LogP contribution in [-0.2, 0) is 14.8 Å². The fourth-order valence-electron chi connectivity index (χ4n) is 3.37. The molecule has 0 aromatic heterocycles. The van der Waals surface area contributed by atoms with Gasteiger partial charge in [-0.25, -0.2) is 8.42 Å². The lowest BCUT2D eigenvalue weighted by atomic mass is 10.2. The first-order valence-corrected chi connectivity index (χ1v) is 11.8. The molecule has 0 aliphatic carbocycles. The van der Waals surface area contributed by atoms with Crippen molar-refractivity contribution in [3.63, 3.8) is 0 Å². The van der Waals surface area contributed by atoms with Gasteiger partial charge in [-0.2, -0.15) is 0 Å². The molecule has 0 atom stereocenters. The second kappa shape index (κ2) is 9.95. The van der Waals surface area contributed by atoms with E-state index in [0.29, 0.717) is 17.2 Å². The van der Waals surface area contributed by atoms with E-state index < -0.39 is 22.5 Å². The largest absolute Gasteiger partial charge is 0.495 e. The Labute approximate surface area is 195 Å². The van der Waals surface area contributed by atoms with E-state index in [1.54, 1.807) is 36.4 Å². The van der Waals surface area contributed by atoms with E-state index in [9.17, 15) is 13.2 Å². The van der Waals surface area contributed by atoms with Gasteiger partial charge in [0.15, 0.2) is 0 Å². The van der Waals surface area contributed by atoms with E-state index in [-0.39, 0.29) is 10.6 Å². The molecule has 8 heteroatoms.